The zero-order valence-electron chi connectivity index (χ0n) is 14.8. The fourth-order valence-corrected chi connectivity index (χ4v) is 3.75. The Kier molecular flexibility index (Phi) is 5.87. The lowest BCUT2D eigenvalue weighted by Gasteiger charge is -2.38. The van der Waals surface area contributed by atoms with E-state index in [-0.39, 0.29) is 22.7 Å². The van der Waals surface area contributed by atoms with Crippen LogP contribution in [0.4, 0.5) is 40.8 Å². The minimum Gasteiger partial charge on any atom is -0.371 e. The minimum absolute atomic E-state index is 0.152. The van der Waals surface area contributed by atoms with Gasteiger partial charge in [0.1, 0.15) is 0 Å². The number of aliphatic hydroxyl groups is 1. The number of alkyl halides is 8. The number of hydrogen-bond acceptors (Lipinski definition) is 3. The second-order valence-corrected chi connectivity index (χ2v) is 8.08. The lowest BCUT2D eigenvalue weighted by atomic mass is 9.86. The minimum atomic E-state index is -6.72. The summed E-state index contributed by atoms with van der Waals surface area (Å²) in [6.07, 6.45) is -13.1. The molecule has 0 saturated heterocycles. The van der Waals surface area contributed by atoms with Crippen molar-refractivity contribution in [2.24, 2.45) is 0 Å². The van der Waals surface area contributed by atoms with Gasteiger partial charge in [0.15, 0.2) is 0 Å². The fraction of sp³-hybridized carbons (Fsp3) is 0.294. The van der Waals surface area contributed by atoms with Crippen LogP contribution in [0, 0.1) is 0 Å². The van der Waals surface area contributed by atoms with Crippen molar-refractivity contribution in [2.75, 3.05) is 11.4 Å². The van der Waals surface area contributed by atoms with Crippen molar-refractivity contribution in [2.45, 2.75) is 28.8 Å². The Hall–Kier alpha value is -2.41. The predicted molar refractivity (Wildman–Crippen MR) is 89.4 cm³/mol. The van der Waals surface area contributed by atoms with Gasteiger partial charge in [0.2, 0.25) is 0 Å². The number of nitrogens with zero attached hydrogens (tertiary/aromatic N) is 1. The smallest absolute Gasteiger partial charge is 0.371 e. The molecule has 0 radical (unpaired) electrons. The maximum atomic E-state index is 13.6. The summed E-state index contributed by atoms with van der Waals surface area (Å²) in [6, 6.07) is 8.18. The molecule has 166 valence electrons. The van der Waals surface area contributed by atoms with Gasteiger partial charge in [-0.1, -0.05) is 30.3 Å². The molecule has 1 N–H and O–H groups in total. The average molecular weight is 463 g/mol. The first-order chi connectivity index (χ1) is 13.5. The number of benzene rings is 2. The molecule has 2 rings (SSSR count). The molecule has 1 atom stereocenters. The third-order valence-electron chi connectivity index (χ3n) is 4.27. The van der Waals surface area contributed by atoms with Crippen LogP contribution in [0.25, 0.3) is 0 Å². The van der Waals surface area contributed by atoms with E-state index in [4.69, 9.17) is 0 Å². The number of sulfonamides is 1. The predicted octanol–water partition coefficient (Wildman–Crippen LogP) is 4.46. The first kappa shape index (κ1) is 23.9. The van der Waals surface area contributed by atoms with Gasteiger partial charge in [0, 0.05) is 7.05 Å². The molecule has 13 heteroatoms. The molecule has 0 aliphatic carbocycles. The molecule has 0 aliphatic rings. The lowest BCUT2D eigenvalue weighted by molar-refractivity contribution is -0.409. The lowest BCUT2D eigenvalue weighted by Crippen LogP contribution is -2.62. The van der Waals surface area contributed by atoms with Crippen LogP contribution in [0.15, 0.2) is 59.5 Å². The molecule has 0 bridgehead atoms. The molecule has 0 amide bonds. The van der Waals surface area contributed by atoms with E-state index in [1.165, 1.54) is 30.3 Å². The standard InChI is InChI=1S/C17H13F8NO3S/c1-26(30(28,29)13-5-3-2-4-6-13)12-9-7-11(8-10-12)14(27,16(20,21)22)15(18,19)17(23,24)25/h2-10,27H,1H3. The summed E-state index contributed by atoms with van der Waals surface area (Å²) in [5.41, 5.74) is -7.75. The summed E-state index contributed by atoms with van der Waals surface area (Å²) in [4.78, 5) is -0.202. The van der Waals surface area contributed by atoms with Crippen LogP contribution in [0.1, 0.15) is 5.56 Å². The van der Waals surface area contributed by atoms with Gasteiger partial charge in [-0.25, -0.2) is 8.42 Å². The maximum absolute atomic E-state index is 13.6. The van der Waals surface area contributed by atoms with E-state index in [1.807, 2.05) is 0 Å². The van der Waals surface area contributed by atoms with Crippen LogP contribution < -0.4 is 4.31 Å². The largest absolute Gasteiger partial charge is 0.457 e. The van der Waals surface area contributed by atoms with Gasteiger partial charge in [0.25, 0.3) is 15.6 Å². The number of hydrogen-bond donors (Lipinski definition) is 1. The van der Waals surface area contributed by atoms with Crippen LogP contribution in [0.2, 0.25) is 0 Å². The summed E-state index contributed by atoms with van der Waals surface area (Å²) in [5.74, 6) is -6.58. The zero-order chi connectivity index (χ0) is 23.2. The third-order valence-corrected chi connectivity index (χ3v) is 6.07. The van der Waals surface area contributed by atoms with E-state index in [9.17, 15) is 48.6 Å². The molecule has 30 heavy (non-hydrogen) atoms. The van der Waals surface area contributed by atoms with Crippen LogP contribution >= 0.6 is 0 Å². The Morgan fingerprint density at radius 2 is 1.23 bits per heavy atom. The van der Waals surface area contributed by atoms with Gasteiger partial charge in [-0.15, -0.1) is 0 Å². The zero-order valence-corrected chi connectivity index (χ0v) is 15.7. The molecule has 0 spiro atoms. The molecule has 0 saturated carbocycles. The summed E-state index contributed by atoms with van der Waals surface area (Å²) >= 11 is 0. The molecule has 0 aromatic heterocycles. The highest BCUT2D eigenvalue weighted by atomic mass is 32.2. The molecule has 2 aromatic rings. The van der Waals surface area contributed by atoms with E-state index in [0.29, 0.717) is 16.4 Å². The van der Waals surface area contributed by atoms with E-state index in [2.05, 4.69) is 0 Å². The highest BCUT2D eigenvalue weighted by Crippen LogP contribution is 2.55. The summed E-state index contributed by atoms with van der Waals surface area (Å²) in [7, 11) is -3.20. The first-order valence-corrected chi connectivity index (χ1v) is 9.30. The van der Waals surface area contributed by atoms with Gasteiger partial charge in [-0.05, 0) is 29.8 Å². The topological polar surface area (TPSA) is 57.6 Å². The molecular formula is C17H13F8NO3S. The van der Waals surface area contributed by atoms with Crippen LogP contribution in [0.3, 0.4) is 0 Å². The van der Waals surface area contributed by atoms with Gasteiger partial charge in [-0.2, -0.15) is 35.1 Å². The normalized spacial score (nSPS) is 15.5. The molecule has 0 heterocycles. The first-order valence-electron chi connectivity index (χ1n) is 7.86. The number of rotatable bonds is 5. The van der Waals surface area contributed by atoms with E-state index in [1.54, 1.807) is 0 Å². The number of anilines is 1. The monoisotopic (exact) mass is 463 g/mol. The summed E-state index contributed by atoms with van der Waals surface area (Å²) in [5, 5.41) is 9.52. The third kappa shape index (κ3) is 3.71. The van der Waals surface area contributed by atoms with Crippen molar-refractivity contribution in [3.8, 4) is 0 Å². The van der Waals surface area contributed by atoms with Gasteiger partial charge >= 0.3 is 18.3 Å². The van der Waals surface area contributed by atoms with E-state index < -0.39 is 39.5 Å². The SMILES string of the molecule is CN(c1ccc(C(O)(C(F)(F)F)C(F)(F)C(F)(F)F)cc1)S(=O)(=O)c1ccccc1. The van der Waals surface area contributed by atoms with Crippen molar-refractivity contribution in [1.29, 1.82) is 0 Å². The highest BCUT2D eigenvalue weighted by molar-refractivity contribution is 7.92. The fourth-order valence-electron chi connectivity index (χ4n) is 2.53. The van der Waals surface area contributed by atoms with Crippen LogP contribution in [-0.4, -0.2) is 38.8 Å². The highest BCUT2D eigenvalue weighted by Gasteiger charge is 2.80. The van der Waals surface area contributed by atoms with Gasteiger partial charge < -0.3 is 5.11 Å². The Balaban J connectivity index is 2.54. The van der Waals surface area contributed by atoms with Crippen LogP contribution in [-0.2, 0) is 15.6 Å². The Morgan fingerprint density at radius 3 is 1.63 bits per heavy atom. The molecule has 0 fully saturated rings. The van der Waals surface area contributed by atoms with Crippen molar-refractivity contribution >= 4 is 15.7 Å². The van der Waals surface area contributed by atoms with Crippen molar-refractivity contribution in [3.63, 3.8) is 0 Å². The molecule has 2 aromatic carbocycles. The Bertz CT molecular complexity index is 988. The molecule has 0 aliphatic heterocycles. The van der Waals surface area contributed by atoms with E-state index >= 15 is 0 Å². The second-order valence-electron chi connectivity index (χ2n) is 6.11. The molecular weight excluding hydrogens is 450 g/mol. The number of halogens is 8. The van der Waals surface area contributed by atoms with Gasteiger partial charge in [0.05, 0.1) is 10.6 Å². The second kappa shape index (κ2) is 7.38. The quantitative estimate of drug-likeness (QED) is 0.667. The van der Waals surface area contributed by atoms with Crippen LogP contribution in [0.5, 0.6) is 0 Å². The Labute approximate surface area is 165 Å². The summed E-state index contributed by atoms with van der Waals surface area (Å²) in [6.45, 7) is 0. The van der Waals surface area contributed by atoms with Gasteiger partial charge in [-0.3, -0.25) is 4.31 Å². The maximum Gasteiger partial charge on any atom is 0.457 e. The van der Waals surface area contributed by atoms with Crippen molar-refractivity contribution in [1.82, 2.24) is 0 Å². The average Bonchev–Trinajstić information content (AvgIpc) is 2.65. The van der Waals surface area contributed by atoms with Crippen molar-refractivity contribution < 1.29 is 48.6 Å². The van der Waals surface area contributed by atoms with Crippen molar-refractivity contribution in [3.05, 3.63) is 60.2 Å². The van der Waals surface area contributed by atoms with E-state index in [0.717, 1.165) is 7.05 Å². The molecule has 4 nitrogen and oxygen atoms in total. The summed E-state index contributed by atoms with van der Waals surface area (Å²) < 4.78 is 130. The molecule has 1 unspecified atom stereocenters. The Morgan fingerprint density at radius 1 is 0.767 bits per heavy atom.